The molecule has 1 unspecified atom stereocenters. The third-order valence-corrected chi connectivity index (χ3v) is 4.01. The van der Waals surface area contributed by atoms with Crippen molar-refractivity contribution in [2.75, 3.05) is 26.3 Å². The van der Waals surface area contributed by atoms with Gasteiger partial charge in [0.2, 0.25) is 5.91 Å². The molecular weight excluding hydrogens is 287 g/mol. The zero-order valence-corrected chi connectivity index (χ0v) is 12.8. The molecule has 1 aromatic carbocycles. The summed E-state index contributed by atoms with van der Waals surface area (Å²) in [7, 11) is 0. The summed E-state index contributed by atoms with van der Waals surface area (Å²) in [5.41, 5.74) is 5.25. The van der Waals surface area contributed by atoms with Crippen LogP contribution in [-0.2, 0) is 9.53 Å². The maximum absolute atomic E-state index is 13.1. The number of carbonyl (C=O) groups is 1. The van der Waals surface area contributed by atoms with Crippen LogP contribution in [0.25, 0.3) is 0 Å². The lowest BCUT2D eigenvalue weighted by molar-refractivity contribution is -0.136. The van der Waals surface area contributed by atoms with Crippen molar-refractivity contribution < 1.29 is 18.7 Å². The van der Waals surface area contributed by atoms with E-state index < -0.39 is 5.41 Å². The van der Waals surface area contributed by atoms with Gasteiger partial charge in [0.05, 0.1) is 12.0 Å². The normalized spacial score (nSPS) is 18.5. The molecule has 122 valence electrons. The molecule has 0 saturated carbocycles. The van der Waals surface area contributed by atoms with E-state index in [1.165, 1.54) is 12.1 Å². The predicted molar refractivity (Wildman–Crippen MR) is 81.0 cm³/mol. The van der Waals surface area contributed by atoms with Crippen LogP contribution >= 0.6 is 0 Å². The predicted octanol–water partition coefficient (Wildman–Crippen LogP) is 1.46. The summed E-state index contributed by atoms with van der Waals surface area (Å²) in [6.07, 6.45) is 1.00. The first-order valence-electron chi connectivity index (χ1n) is 7.54. The third kappa shape index (κ3) is 4.18. The summed E-state index contributed by atoms with van der Waals surface area (Å²) in [5.74, 6) is 0.0346. The van der Waals surface area contributed by atoms with Crippen molar-refractivity contribution in [2.45, 2.75) is 25.9 Å². The maximum atomic E-state index is 13.1. The van der Waals surface area contributed by atoms with Crippen LogP contribution in [-0.4, -0.2) is 38.3 Å². The fourth-order valence-corrected chi connectivity index (χ4v) is 2.52. The Balaban J connectivity index is 1.84. The molecule has 5 nitrogen and oxygen atoms in total. The molecule has 0 radical (unpaired) electrons. The first kappa shape index (κ1) is 16.7. The van der Waals surface area contributed by atoms with E-state index in [1.54, 1.807) is 12.1 Å². The summed E-state index contributed by atoms with van der Waals surface area (Å²) in [4.78, 5) is 12.4. The van der Waals surface area contributed by atoms with Gasteiger partial charge >= 0.3 is 0 Å². The lowest BCUT2D eigenvalue weighted by atomic mass is 9.79. The Morgan fingerprint density at radius 1 is 1.50 bits per heavy atom. The number of halogens is 1. The average Bonchev–Trinajstić information content (AvgIpc) is 2.53. The molecule has 1 atom stereocenters. The summed E-state index contributed by atoms with van der Waals surface area (Å²) in [5, 5.41) is 2.89. The number of hydrogen-bond donors (Lipinski definition) is 2. The minimum absolute atomic E-state index is 0.0620. The van der Waals surface area contributed by atoms with Gasteiger partial charge in [0.1, 0.15) is 17.7 Å². The minimum Gasteiger partial charge on any atom is -0.489 e. The Bertz CT molecular complexity index is 504. The van der Waals surface area contributed by atoms with E-state index in [-0.39, 0.29) is 17.8 Å². The zero-order valence-electron chi connectivity index (χ0n) is 12.8. The second kappa shape index (κ2) is 7.56. The SMILES string of the molecule is CC(CNC(=O)C1(CN)CCOCC1)Oc1cccc(F)c1. The van der Waals surface area contributed by atoms with Crippen molar-refractivity contribution in [3.05, 3.63) is 30.1 Å². The Kier molecular flexibility index (Phi) is 5.74. The molecule has 0 aromatic heterocycles. The number of hydrogen-bond acceptors (Lipinski definition) is 4. The van der Waals surface area contributed by atoms with Gasteiger partial charge in [-0.1, -0.05) is 6.07 Å². The highest BCUT2D eigenvalue weighted by molar-refractivity contribution is 5.83. The van der Waals surface area contributed by atoms with Gasteiger partial charge in [-0.05, 0) is 31.9 Å². The van der Waals surface area contributed by atoms with Gasteiger partial charge in [0.15, 0.2) is 0 Å². The maximum Gasteiger partial charge on any atom is 0.227 e. The Hall–Kier alpha value is -1.66. The van der Waals surface area contributed by atoms with Gasteiger partial charge in [0, 0.05) is 25.8 Å². The topological polar surface area (TPSA) is 73.6 Å². The Labute approximate surface area is 130 Å². The second-order valence-corrected chi connectivity index (χ2v) is 5.69. The van der Waals surface area contributed by atoms with Gasteiger partial charge in [-0.3, -0.25) is 4.79 Å². The monoisotopic (exact) mass is 310 g/mol. The molecule has 1 aromatic rings. The second-order valence-electron chi connectivity index (χ2n) is 5.69. The highest BCUT2D eigenvalue weighted by atomic mass is 19.1. The standard InChI is InChI=1S/C16H23FN2O3/c1-12(22-14-4-2-3-13(17)9-14)10-19-15(20)16(11-18)5-7-21-8-6-16/h2-4,9,12H,5-8,10-11,18H2,1H3,(H,19,20). The van der Waals surface area contributed by atoms with Crippen LogP contribution < -0.4 is 15.8 Å². The van der Waals surface area contributed by atoms with E-state index >= 15 is 0 Å². The number of carbonyl (C=O) groups excluding carboxylic acids is 1. The van der Waals surface area contributed by atoms with Crippen LogP contribution in [0, 0.1) is 11.2 Å². The molecule has 0 aliphatic carbocycles. The quantitative estimate of drug-likeness (QED) is 0.834. The number of ether oxygens (including phenoxy) is 2. The van der Waals surface area contributed by atoms with Crippen molar-refractivity contribution in [1.82, 2.24) is 5.32 Å². The fourth-order valence-electron chi connectivity index (χ4n) is 2.52. The van der Waals surface area contributed by atoms with Crippen molar-refractivity contribution in [1.29, 1.82) is 0 Å². The van der Waals surface area contributed by atoms with E-state index in [4.69, 9.17) is 15.2 Å². The molecule has 1 heterocycles. The van der Waals surface area contributed by atoms with Crippen molar-refractivity contribution >= 4 is 5.91 Å². The van der Waals surface area contributed by atoms with E-state index in [0.717, 1.165) is 0 Å². The number of amides is 1. The molecule has 1 amide bonds. The van der Waals surface area contributed by atoms with Gasteiger partial charge in [0.25, 0.3) is 0 Å². The number of benzene rings is 1. The van der Waals surface area contributed by atoms with Crippen LogP contribution in [0.15, 0.2) is 24.3 Å². The highest BCUT2D eigenvalue weighted by Crippen LogP contribution is 2.29. The van der Waals surface area contributed by atoms with Gasteiger partial charge in [-0.2, -0.15) is 0 Å². The van der Waals surface area contributed by atoms with Gasteiger partial charge in [-0.25, -0.2) is 4.39 Å². The lowest BCUT2D eigenvalue weighted by Crippen LogP contribution is -2.50. The Morgan fingerprint density at radius 3 is 2.86 bits per heavy atom. The molecule has 2 rings (SSSR count). The number of rotatable bonds is 6. The summed E-state index contributed by atoms with van der Waals surface area (Å²) in [6, 6.07) is 5.94. The molecule has 1 aliphatic rings. The molecule has 22 heavy (non-hydrogen) atoms. The van der Waals surface area contributed by atoms with Crippen molar-refractivity contribution in [3.8, 4) is 5.75 Å². The van der Waals surface area contributed by atoms with Gasteiger partial charge < -0.3 is 20.5 Å². The summed E-state index contributed by atoms with van der Waals surface area (Å²) >= 11 is 0. The molecule has 1 saturated heterocycles. The third-order valence-electron chi connectivity index (χ3n) is 4.01. The number of nitrogens with one attached hydrogen (secondary N) is 1. The first-order chi connectivity index (χ1) is 10.6. The molecule has 3 N–H and O–H groups in total. The molecule has 6 heteroatoms. The molecule has 1 aliphatic heterocycles. The molecule has 0 spiro atoms. The van der Waals surface area contributed by atoms with Crippen LogP contribution in [0.5, 0.6) is 5.75 Å². The Morgan fingerprint density at radius 2 is 2.23 bits per heavy atom. The van der Waals surface area contributed by atoms with Crippen LogP contribution in [0.4, 0.5) is 4.39 Å². The average molecular weight is 310 g/mol. The van der Waals surface area contributed by atoms with Crippen LogP contribution in [0.2, 0.25) is 0 Å². The van der Waals surface area contributed by atoms with Crippen molar-refractivity contribution in [2.24, 2.45) is 11.1 Å². The van der Waals surface area contributed by atoms with E-state index in [2.05, 4.69) is 5.32 Å². The van der Waals surface area contributed by atoms with E-state index in [0.29, 0.717) is 44.9 Å². The largest absolute Gasteiger partial charge is 0.489 e. The van der Waals surface area contributed by atoms with Crippen LogP contribution in [0.3, 0.4) is 0 Å². The molecular formula is C16H23FN2O3. The summed E-state index contributed by atoms with van der Waals surface area (Å²) < 4.78 is 24.0. The highest BCUT2D eigenvalue weighted by Gasteiger charge is 2.38. The molecule has 0 bridgehead atoms. The first-order valence-corrected chi connectivity index (χ1v) is 7.54. The fraction of sp³-hybridized carbons (Fsp3) is 0.562. The van der Waals surface area contributed by atoms with Crippen molar-refractivity contribution in [3.63, 3.8) is 0 Å². The molecule has 1 fully saturated rings. The van der Waals surface area contributed by atoms with Crippen LogP contribution in [0.1, 0.15) is 19.8 Å². The lowest BCUT2D eigenvalue weighted by Gasteiger charge is -2.34. The smallest absolute Gasteiger partial charge is 0.227 e. The van der Waals surface area contributed by atoms with E-state index in [9.17, 15) is 9.18 Å². The zero-order chi connectivity index (χ0) is 16.0. The van der Waals surface area contributed by atoms with E-state index in [1.807, 2.05) is 6.92 Å². The summed E-state index contributed by atoms with van der Waals surface area (Å²) in [6.45, 7) is 3.59. The number of nitrogens with two attached hydrogens (primary N) is 1. The minimum atomic E-state index is -0.545. The van der Waals surface area contributed by atoms with Gasteiger partial charge in [-0.15, -0.1) is 0 Å².